The fourth-order valence-corrected chi connectivity index (χ4v) is 4.38. The predicted molar refractivity (Wildman–Crippen MR) is 153 cm³/mol. The summed E-state index contributed by atoms with van der Waals surface area (Å²) in [5.74, 6) is -1.31. The molecule has 0 bridgehead atoms. The number of nitrogens with zero attached hydrogens (tertiary/aromatic N) is 1. The smallest absolute Gasteiger partial charge is 0.272 e. The maximum Gasteiger partial charge on any atom is 0.272 e. The monoisotopic (exact) mass is 548 g/mol. The first kappa shape index (κ1) is 27.9. The summed E-state index contributed by atoms with van der Waals surface area (Å²) in [6.07, 6.45) is 0.811. The zero-order chi connectivity index (χ0) is 28.1. The maximum absolute atomic E-state index is 13.3. The number of carbonyl (C=O) groups is 3. The van der Waals surface area contributed by atoms with Gasteiger partial charge in [0.25, 0.3) is 11.8 Å². The molecule has 0 radical (unpaired) electrons. The highest BCUT2D eigenvalue weighted by Crippen LogP contribution is 2.26. The second kappa shape index (κ2) is 12.1. The third-order valence-electron chi connectivity index (χ3n) is 6.21. The quantitative estimate of drug-likeness (QED) is 0.219. The minimum Gasteiger partial charge on any atom is -0.352 e. The van der Waals surface area contributed by atoms with Crippen LogP contribution in [0, 0.1) is 11.7 Å². The van der Waals surface area contributed by atoms with E-state index in [0.29, 0.717) is 28.6 Å². The number of anilines is 2. The van der Waals surface area contributed by atoms with Crippen LogP contribution in [0.4, 0.5) is 15.8 Å². The van der Waals surface area contributed by atoms with Crippen LogP contribution in [0.5, 0.6) is 0 Å². The fraction of sp³-hybridized carbons (Fsp3) is 0.233. The Hall–Kier alpha value is -4.17. The molecule has 0 aliphatic carbocycles. The second-order valence-corrected chi connectivity index (χ2v) is 9.96. The van der Waals surface area contributed by atoms with Gasteiger partial charge in [0.1, 0.15) is 11.5 Å². The Labute approximate surface area is 231 Å². The number of rotatable bonds is 9. The molecule has 39 heavy (non-hydrogen) atoms. The molecule has 3 aromatic carbocycles. The van der Waals surface area contributed by atoms with Crippen molar-refractivity contribution in [2.24, 2.45) is 5.92 Å². The highest BCUT2D eigenvalue weighted by Gasteiger charge is 2.18. The van der Waals surface area contributed by atoms with Crippen molar-refractivity contribution in [1.82, 2.24) is 9.88 Å². The first-order valence-electron chi connectivity index (χ1n) is 12.7. The van der Waals surface area contributed by atoms with Gasteiger partial charge >= 0.3 is 0 Å². The molecular weight excluding hydrogens is 519 g/mol. The molecule has 0 atom stereocenters. The van der Waals surface area contributed by atoms with Gasteiger partial charge in [-0.3, -0.25) is 14.4 Å². The van der Waals surface area contributed by atoms with E-state index in [0.717, 1.165) is 22.9 Å². The van der Waals surface area contributed by atoms with Gasteiger partial charge < -0.3 is 20.5 Å². The number of halogens is 2. The molecular formula is C30H30ClFN4O3. The number of benzene rings is 3. The molecule has 3 N–H and O–H groups in total. The third-order valence-corrected chi connectivity index (χ3v) is 6.54. The van der Waals surface area contributed by atoms with Crippen LogP contribution < -0.4 is 16.0 Å². The number of carbonyl (C=O) groups excluding carboxylic acids is 3. The van der Waals surface area contributed by atoms with Crippen molar-refractivity contribution in [1.29, 1.82) is 0 Å². The van der Waals surface area contributed by atoms with Gasteiger partial charge in [0, 0.05) is 41.3 Å². The Morgan fingerprint density at radius 2 is 1.59 bits per heavy atom. The molecule has 4 rings (SSSR count). The molecule has 1 aromatic heterocycles. The van der Waals surface area contributed by atoms with E-state index in [1.807, 2.05) is 31.4 Å². The summed E-state index contributed by atoms with van der Waals surface area (Å²) >= 11 is 6.32. The lowest BCUT2D eigenvalue weighted by Crippen LogP contribution is -2.27. The summed E-state index contributed by atoms with van der Waals surface area (Å²) in [5, 5.41) is 9.60. The van der Waals surface area contributed by atoms with E-state index >= 15 is 0 Å². The average Bonchev–Trinajstić information content (AvgIpc) is 3.27. The van der Waals surface area contributed by atoms with Gasteiger partial charge in [0.2, 0.25) is 5.91 Å². The Balaban J connectivity index is 1.55. The number of hydrogen-bond acceptors (Lipinski definition) is 3. The Bertz CT molecular complexity index is 1530. The van der Waals surface area contributed by atoms with E-state index in [9.17, 15) is 18.8 Å². The van der Waals surface area contributed by atoms with E-state index in [-0.39, 0.29) is 35.7 Å². The summed E-state index contributed by atoms with van der Waals surface area (Å²) in [5.41, 5.74) is 3.38. The molecule has 0 aliphatic heterocycles. The van der Waals surface area contributed by atoms with Crippen LogP contribution in [0.15, 0.2) is 66.7 Å². The zero-order valence-electron chi connectivity index (χ0n) is 22.0. The molecule has 202 valence electrons. The van der Waals surface area contributed by atoms with Crippen molar-refractivity contribution in [2.75, 3.05) is 10.6 Å². The molecule has 0 saturated carbocycles. The lowest BCUT2D eigenvalue weighted by Gasteiger charge is -2.12. The van der Waals surface area contributed by atoms with Crippen LogP contribution in [0.25, 0.3) is 10.9 Å². The number of aryl methyl sites for hydroxylation is 1. The summed E-state index contributed by atoms with van der Waals surface area (Å²) < 4.78 is 15.2. The summed E-state index contributed by atoms with van der Waals surface area (Å²) in [7, 11) is 0. The molecule has 7 nitrogen and oxygen atoms in total. The molecule has 4 aromatic rings. The highest BCUT2D eigenvalue weighted by atomic mass is 35.5. The van der Waals surface area contributed by atoms with Crippen LogP contribution in [0.3, 0.4) is 0 Å². The molecule has 0 unspecified atom stereocenters. The number of hydrogen-bond donors (Lipinski definition) is 3. The van der Waals surface area contributed by atoms with Gasteiger partial charge in [0.15, 0.2) is 0 Å². The average molecular weight is 549 g/mol. The zero-order valence-corrected chi connectivity index (χ0v) is 22.7. The van der Waals surface area contributed by atoms with Crippen molar-refractivity contribution in [3.05, 3.63) is 94.4 Å². The lowest BCUT2D eigenvalue weighted by molar-refractivity contribution is -0.124. The van der Waals surface area contributed by atoms with Gasteiger partial charge in [-0.15, -0.1) is 0 Å². The van der Waals surface area contributed by atoms with Crippen molar-refractivity contribution in [2.45, 2.75) is 40.3 Å². The van der Waals surface area contributed by atoms with Crippen LogP contribution in [0.2, 0.25) is 5.02 Å². The molecule has 0 fully saturated rings. The van der Waals surface area contributed by atoms with Gasteiger partial charge in [-0.1, -0.05) is 38.4 Å². The van der Waals surface area contributed by atoms with Gasteiger partial charge in [-0.05, 0) is 72.6 Å². The van der Waals surface area contributed by atoms with Gasteiger partial charge in [0.05, 0.1) is 10.6 Å². The minimum atomic E-state index is -0.390. The normalized spacial score (nSPS) is 11.0. The van der Waals surface area contributed by atoms with Crippen molar-refractivity contribution in [3.8, 4) is 0 Å². The SMILES string of the molecule is CCCn1c(C(=O)Nc2ccc(F)cc2)cc2cc(NC(=O)c3cc(CNC(=O)C(C)C)ccc3Cl)ccc21. The standard InChI is InChI=1S/C30H30ClFN4O3/c1-4-13-36-26-12-10-23(15-20(26)16-27(36)30(39)34-22-8-6-21(32)7-9-22)35-29(38)24-14-19(5-11-25(24)31)17-33-28(37)18(2)3/h5-12,14-16,18H,4,13,17H2,1-3H3,(H,33,37)(H,34,39)(H,35,38). The van der Waals surface area contributed by atoms with Crippen molar-refractivity contribution in [3.63, 3.8) is 0 Å². The van der Waals surface area contributed by atoms with Gasteiger partial charge in [-0.2, -0.15) is 0 Å². The fourth-order valence-electron chi connectivity index (χ4n) is 4.18. The van der Waals surface area contributed by atoms with Crippen molar-refractivity contribution >= 4 is 51.6 Å². The second-order valence-electron chi connectivity index (χ2n) is 9.56. The maximum atomic E-state index is 13.3. The van der Waals surface area contributed by atoms with E-state index < -0.39 is 5.91 Å². The number of nitrogens with one attached hydrogen (secondary N) is 3. The van der Waals surface area contributed by atoms with Crippen LogP contribution in [-0.4, -0.2) is 22.3 Å². The van der Waals surface area contributed by atoms with Crippen LogP contribution in [0.1, 0.15) is 53.6 Å². The third kappa shape index (κ3) is 6.64. The molecule has 9 heteroatoms. The summed E-state index contributed by atoms with van der Waals surface area (Å²) in [4.78, 5) is 38.1. The van der Waals surface area contributed by atoms with Crippen LogP contribution in [-0.2, 0) is 17.9 Å². The molecule has 0 aliphatic rings. The topological polar surface area (TPSA) is 92.2 Å². The van der Waals surface area contributed by atoms with E-state index in [2.05, 4.69) is 16.0 Å². The minimum absolute atomic E-state index is 0.0787. The van der Waals surface area contributed by atoms with E-state index in [1.165, 1.54) is 24.3 Å². The Kier molecular flexibility index (Phi) is 8.66. The summed E-state index contributed by atoms with van der Waals surface area (Å²) in [6, 6.07) is 17.8. The summed E-state index contributed by atoms with van der Waals surface area (Å²) in [6.45, 7) is 6.55. The van der Waals surface area contributed by atoms with E-state index in [4.69, 9.17) is 11.6 Å². The number of amides is 3. The highest BCUT2D eigenvalue weighted by molar-refractivity contribution is 6.34. The first-order chi connectivity index (χ1) is 18.7. The lowest BCUT2D eigenvalue weighted by atomic mass is 10.1. The molecule has 0 spiro atoms. The Morgan fingerprint density at radius 1 is 0.897 bits per heavy atom. The number of aromatic nitrogens is 1. The predicted octanol–water partition coefficient (Wildman–Crippen LogP) is 6.62. The molecule has 0 saturated heterocycles. The first-order valence-corrected chi connectivity index (χ1v) is 13.1. The molecule has 1 heterocycles. The largest absolute Gasteiger partial charge is 0.352 e. The van der Waals surface area contributed by atoms with Crippen molar-refractivity contribution < 1.29 is 18.8 Å². The van der Waals surface area contributed by atoms with Gasteiger partial charge in [-0.25, -0.2) is 4.39 Å². The Morgan fingerprint density at radius 3 is 2.28 bits per heavy atom. The number of fused-ring (bicyclic) bond motifs is 1. The van der Waals surface area contributed by atoms with Crippen LogP contribution >= 0.6 is 11.6 Å². The molecule has 3 amide bonds. The van der Waals surface area contributed by atoms with E-state index in [1.54, 1.807) is 36.4 Å².